The number of nitrogens with one attached hydrogen (secondary N) is 2. The average molecular weight is 408 g/mol. The zero-order valence-corrected chi connectivity index (χ0v) is 18.8. The molecule has 0 aromatic heterocycles. The Morgan fingerprint density at radius 3 is 2.71 bits per heavy atom. The van der Waals surface area contributed by atoms with Crippen molar-refractivity contribution in [3.05, 3.63) is 29.3 Å². The molecule has 0 atom stereocenters. The normalized spacial score (nSPS) is 16.6. The highest BCUT2D eigenvalue weighted by atomic mass is 32.2. The lowest BCUT2D eigenvalue weighted by molar-refractivity contribution is 0.0522. The van der Waals surface area contributed by atoms with Crippen molar-refractivity contribution < 1.29 is 9.47 Å². The Balaban J connectivity index is 2.17. The molecule has 1 aliphatic heterocycles. The lowest BCUT2D eigenvalue weighted by Gasteiger charge is -2.37. The number of aryl methyl sites for hydroxylation is 1. The number of rotatable bonds is 10. The molecular formula is C22H37N3O2S. The molecule has 2 N–H and O–H groups in total. The van der Waals surface area contributed by atoms with Crippen molar-refractivity contribution in [2.24, 2.45) is 4.99 Å². The van der Waals surface area contributed by atoms with Crippen molar-refractivity contribution >= 4 is 17.7 Å². The van der Waals surface area contributed by atoms with Gasteiger partial charge in [0.2, 0.25) is 0 Å². The van der Waals surface area contributed by atoms with E-state index in [1.54, 1.807) is 7.11 Å². The van der Waals surface area contributed by atoms with E-state index in [1.807, 2.05) is 11.8 Å². The quantitative estimate of drug-likeness (QED) is 0.351. The molecule has 0 saturated carbocycles. The molecule has 0 amide bonds. The van der Waals surface area contributed by atoms with Gasteiger partial charge in [0.1, 0.15) is 5.75 Å². The molecule has 0 bridgehead atoms. The fourth-order valence-corrected chi connectivity index (χ4v) is 4.15. The number of nitrogens with zero attached hydrogens (tertiary/aromatic N) is 1. The summed E-state index contributed by atoms with van der Waals surface area (Å²) in [5, 5.41) is 6.89. The third-order valence-electron chi connectivity index (χ3n) is 5.33. The van der Waals surface area contributed by atoms with Crippen LogP contribution in [0.25, 0.3) is 0 Å². The van der Waals surface area contributed by atoms with Crippen molar-refractivity contribution in [2.45, 2.75) is 44.9 Å². The van der Waals surface area contributed by atoms with E-state index in [1.165, 1.54) is 23.3 Å². The maximum Gasteiger partial charge on any atom is 0.191 e. The van der Waals surface area contributed by atoms with E-state index in [0.717, 1.165) is 63.8 Å². The minimum Gasteiger partial charge on any atom is -0.496 e. The summed E-state index contributed by atoms with van der Waals surface area (Å²) in [5.41, 5.74) is 2.47. The molecule has 0 aliphatic carbocycles. The lowest BCUT2D eigenvalue weighted by Crippen LogP contribution is -2.41. The molecule has 28 heavy (non-hydrogen) atoms. The molecule has 1 saturated heterocycles. The van der Waals surface area contributed by atoms with Gasteiger partial charge in [-0.3, -0.25) is 4.99 Å². The number of thioether (sulfide) groups is 1. The summed E-state index contributed by atoms with van der Waals surface area (Å²) >= 11 is 1.90. The van der Waals surface area contributed by atoms with E-state index in [2.05, 4.69) is 48.9 Å². The minimum absolute atomic E-state index is 0.0448. The number of hydrogen-bond acceptors (Lipinski definition) is 4. The Kier molecular flexibility index (Phi) is 9.99. The van der Waals surface area contributed by atoms with Crippen LogP contribution in [0, 0.1) is 6.92 Å². The van der Waals surface area contributed by atoms with Crippen molar-refractivity contribution in [2.75, 3.05) is 52.0 Å². The molecule has 1 heterocycles. The summed E-state index contributed by atoms with van der Waals surface area (Å²) in [6.45, 7) is 8.34. The first kappa shape index (κ1) is 22.9. The maximum atomic E-state index is 5.71. The molecule has 0 unspecified atom stereocenters. The van der Waals surface area contributed by atoms with Crippen LogP contribution in [0.3, 0.4) is 0 Å². The Bertz CT molecular complexity index is 616. The van der Waals surface area contributed by atoms with Crippen molar-refractivity contribution in [3.8, 4) is 5.75 Å². The number of methoxy groups -OCH3 is 1. The molecule has 2 rings (SSSR count). The molecule has 1 aliphatic rings. The van der Waals surface area contributed by atoms with Gasteiger partial charge in [-0.25, -0.2) is 0 Å². The lowest BCUT2D eigenvalue weighted by atomic mass is 9.73. The van der Waals surface area contributed by atoms with E-state index in [-0.39, 0.29) is 5.41 Å². The SMILES string of the molecule is CCNC(=NCC1(c2cc(C)ccc2OC)CCOCC1)NCCCCSC. The predicted molar refractivity (Wildman–Crippen MR) is 121 cm³/mol. The minimum atomic E-state index is -0.0448. The van der Waals surface area contributed by atoms with Crippen LogP contribution in [0.1, 0.15) is 43.7 Å². The Hall–Kier alpha value is -1.40. The molecule has 1 aromatic rings. The van der Waals surface area contributed by atoms with Crippen LogP contribution in [0.5, 0.6) is 5.75 Å². The molecule has 1 aromatic carbocycles. The van der Waals surface area contributed by atoms with Gasteiger partial charge in [0, 0.05) is 37.3 Å². The molecule has 6 heteroatoms. The Morgan fingerprint density at radius 1 is 1.25 bits per heavy atom. The molecular weight excluding hydrogens is 370 g/mol. The summed E-state index contributed by atoms with van der Waals surface area (Å²) in [5.74, 6) is 3.08. The standard InChI is InChI=1S/C22H37N3O2S/c1-5-23-21(24-12-6-7-15-28-4)25-17-22(10-13-27-14-11-22)19-16-18(2)8-9-20(19)26-3/h8-9,16H,5-7,10-15,17H2,1-4H3,(H2,23,24,25). The van der Waals surface area contributed by atoms with Gasteiger partial charge in [-0.05, 0) is 57.6 Å². The highest BCUT2D eigenvalue weighted by molar-refractivity contribution is 7.98. The zero-order chi connectivity index (χ0) is 20.2. The van der Waals surface area contributed by atoms with Crippen LogP contribution in [0.15, 0.2) is 23.2 Å². The van der Waals surface area contributed by atoms with Gasteiger partial charge in [-0.1, -0.05) is 17.7 Å². The molecule has 5 nitrogen and oxygen atoms in total. The number of benzene rings is 1. The fraction of sp³-hybridized carbons (Fsp3) is 0.682. The number of ether oxygens (including phenoxy) is 2. The van der Waals surface area contributed by atoms with Crippen LogP contribution < -0.4 is 15.4 Å². The van der Waals surface area contributed by atoms with Crippen LogP contribution in [0.2, 0.25) is 0 Å². The van der Waals surface area contributed by atoms with Crippen LogP contribution in [0.4, 0.5) is 0 Å². The van der Waals surface area contributed by atoms with Crippen molar-refractivity contribution in [1.82, 2.24) is 10.6 Å². The Morgan fingerprint density at radius 2 is 2.04 bits per heavy atom. The summed E-state index contributed by atoms with van der Waals surface area (Å²) in [4.78, 5) is 4.99. The highest BCUT2D eigenvalue weighted by Crippen LogP contribution is 2.40. The number of hydrogen-bond donors (Lipinski definition) is 2. The highest BCUT2D eigenvalue weighted by Gasteiger charge is 2.37. The first-order chi connectivity index (χ1) is 13.6. The zero-order valence-electron chi connectivity index (χ0n) is 18.0. The largest absolute Gasteiger partial charge is 0.496 e. The third kappa shape index (κ3) is 6.59. The first-order valence-electron chi connectivity index (χ1n) is 10.4. The predicted octanol–water partition coefficient (Wildman–Crippen LogP) is 3.75. The van der Waals surface area contributed by atoms with E-state index >= 15 is 0 Å². The van der Waals surface area contributed by atoms with Gasteiger partial charge in [-0.2, -0.15) is 11.8 Å². The number of unbranched alkanes of at least 4 members (excludes halogenated alkanes) is 1. The fourth-order valence-electron chi connectivity index (χ4n) is 3.66. The second-order valence-electron chi connectivity index (χ2n) is 7.42. The average Bonchev–Trinajstić information content (AvgIpc) is 2.72. The summed E-state index contributed by atoms with van der Waals surface area (Å²) in [6, 6.07) is 6.46. The van der Waals surface area contributed by atoms with Crippen molar-refractivity contribution in [1.29, 1.82) is 0 Å². The summed E-state index contributed by atoms with van der Waals surface area (Å²) in [6.07, 6.45) is 6.48. The third-order valence-corrected chi connectivity index (χ3v) is 6.02. The topological polar surface area (TPSA) is 54.9 Å². The smallest absolute Gasteiger partial charge is 0.191 e. The van der Waals surface area contributed by atoms with Crippen LogP contribution in [-0.2, 0) is 10.2 Å². The molecule has 1 fully saturated rings. The summed E-state index contributed by atoms with van der Waals surface area (Å²) < 4.78 is 11.4. The van der Waals surface area contributed by atoms with Gasteiger partial charge in [-0.15, -0.1) is 0 Å². The van der Waals surface area contributed by atoms with Gasteiger partial charge in [0.25, 0.3) is 0 Å². The van der Waals surface area contributed by atoms with Crippen LogP contribution in [-0.4, -0.2) is 57.9 Å². The van der Waals surface area contributed by atoms with Crippen molar-refractivity contribution in [3.63, 3.8) is 0 Å². The molecule has 0 spiro atoms. The first-order valence-corrected chi connectivity index (χ1v) is 11.8. The molecule has 0 radical (unpaired) electrons. The number of guanidine groups is 1. The van der Waals surface area contributed by atoms with E-state index < -0.39 is 0 Å². The van der Waals surface area contributed by atoms with Crippen LogP contribution >= 0.6 is 11.8 Å². The van der Waals surface area contributed by atoms with Gasteiger partial charge in [0.05, 0.1) is 13.7 Å². The second kappa shape index (κ2) is 12.2. The van der Waals surface area contributed by atoms with Gasteiger partial charge in [0.15, 0.2) is 5.96 Å². The van der Waals surface area contributed by atoms with Gasteiger partial charge < -0.3 is 20.1 Å². The van der Waals surface area contributed by atoms with E-state index in [4.69, 9.17) is 14.5 Å². The molecule has 158 valence electrons. The maximum absolute atomic E-state index is 5.71. The van der Waals surface area contributed by atoms with E-state index in [0.29, 0.717) is 0 Å². The second-order valence-corrected chi connectivity index (χ2v) is 8.40. The Labute approximate surface area is 175 Å². The summed E-state index contributed by atoms with van der Waals surface area (Å²) in [7, 11) is 1.75. The number of aliphatic imine (C=N–C) groups is 1. The monoisotopic (exact) mass is 407 g/mol. The van der Waals surface area contributed by atoms with Gasteiger partial charge >= 0.3 is 0 Å². The van der Waals surface area contributed by atoms with E-state index in [9.17, 15) is 0 Å².